The molecule has 29 heavy (non-hydrogen) atoms. The van der Waals surface area contributed by atoms with Crippen LogP contribution in [0.3, 0.4) is 0 Å². The first-order valence-corrected chi connectivity index (χ1v) is 9.27. The summed E-state index contributed by atoms with van der Waals surface area (Å²) in [5, 5.41) is 2.66. The summed E-state index contributed by atoms with van der Waals surface area (Å²) in [5.41, 5.74) is 2.41. The first-order chi connectivity index (χ1) is 14.0. The number of benzene rings is 2. The van der Waals surface area contributed by atoms with Gasteiger partial charge >= 0.3 is 5.97 Å². The smallest absolute Gasteiger partial charge is 0.338 e. The molecule has 0 fully saturated rings. The molecule has 3 rings (SSSR count). The van der Waals surface area contributed by atoms with Gasteiger partial charge in [0, 0.05) is 11.3 Å². The number of aryl methyl sites for hydroxylation is 1. The Morgan fingerprint density at radius 1 is 0.966 bits per heavy atom. The quantitative estimate of drug-likeness (QED) is 0.473. The molecule has 0 aliphatic rings. The molecule has 1 amide bonds. The maximum Gasteiger partial charge on any atom is 0.338 e. The van der Waals surface area contributed by atoms with Crippen LogP contribution in [0.4, 0.5) is 5.69 Å². The van der Waals surface area contributed by atoms with Crippen molar-refractivity contribution in [2.24, 2.45) is 0 Å². The van der Waals surface area contributed by atoms with Crippen molar-refractivity contribution in [1.29, 1.82) is 0 Å². The topological polar surface area (TPSA) is 85.6 Å². The third-order valence-corrected chi connectivity index (χ3v) is 4.42. The number of hydrogen-bond acceptors (Lipinski definition) is 5. The number of ketones is 1. The van der Waals surface area contributed by atoms with E-state index >= 15 is 0 Å². The fourth-order valence-electron chi connectivity index (χ4n) is 2.71. The van der Waals surface area contributed by atoms with Crippen LogP contribution in [0.15, 0.2) is 71.3 Å². The molecule has 1 atom stereocenters. The molecule has 0 saturated heterocycles. The van der Waals surface area contributed by atoms with Crippen molar-refractivity contribution in [2.75, 3.05) is 5.32 Å². The Labute approximate surface area is 168 Å². The molecule has 3 aromatic rings. The minimum absolute atomic E-state index is 0.188. The lowest BCUT2D eigenvalue weighted by atomic mass is 10.0. The molecular formula is C23H21NO5. The molecule has 0 saturated carbocycles. The van der Waals surface area contributed by atoms with E-state index in [4.69, 9.17) is 9.15 Å². The van der Waals surface area contributed by atoms with Gasteiger partial charge in [0.05, 0.1) is 11.8 Å². The van der Waals surface area contributed by atoms with Crippen LogP contribution in [0.1, 0.15) is 50.7 Å². The van der Waals surface area contributed by atoms with Gasteiger partial charge in [0.25, 0.3) is 5.91 Å². The van der Waals surface area contributed by atoms with E-state index in [1.807, 2.05) is 19.1 Å². The molecule has 1 heterocycles. The molecule has 0 radical (unpaired) electrons. The van der Waals surface area contributed by atoms with Gasteiger partial charge in [0.2, 0.25) is 5.78 Å². The van der Waals surface area contributed by atoms with Gasteiger partial charge in [-0.1, -0.05) is 31.2 Å². The number of nitrogens with one attached hydrogen (secondary N) is 1. The van der Waals surface area contributed by atoms with Gasteiger partial charge in [-0.05, 0) is 55.3 Å². The minimum atomic E-state index is -0.909. The van der Waals surface area contributed by atoms with E-state index in [1.165, 1.54) is 18.4 Å². The van der Waals surface area contributed by atoms with Crippen LogP contribution in [0.5, 0.6) is 0 Å². The molecule has 0 aliphatic carbocycles. The van der Waals surface area contributed by atoms with Crippen LogP contribution in [0, 0.1) is 0 Å². The fraction of sp³-hybridized carbons (Fsp3) is 0.174. The monoisotopic (exact) mass is 391 g/mol. The number of Topliss-reactive ketones (excluding diaryl/α,β-unsaturated/α-hetero) is 1. The van der Waals surface area contributed by atoms with Gasteiger partial charge in [0.1, 0.15) is 0 Å². The Bertz CT molecular complexity index is 989. The highest BCUT2D eigenvalue weighted by Crippen LogP contribution is 2.15. The van der Waals surface area contributed by atoms with E-state index in [2.05, 4.69) is 5.32 Å². The van der Waals surface area contributed by atoms with E-state index in [0.29, 0.717) is 11.3 Å². The molecule has 0 bridgehead atoms. The van der Waals surface area contributed by atoms with Crippen LogP contribution in [-0.4, -0.2) is 23.8 Å². The van der Waals surface area contributed by atoms with Crippen molar-refractivity contribution < 1.29 is 23.5 Å². The second kappa shape index (κ2) is 9.01. The molecule has 148 valence electrons. The number of ether oxygens (including phenoxy) is 1. The van der Waals surface area contributed by atoms with Crippen molar-refractivity contribution in [3.05, 3.63) is 89.4 Å². The lowest BCUT2D eigenvalue weighted by Crippen LogP contribution is -2.24. The molecule has 1 N–H and O–H groups in total. The number of esters is 1. The van der Waals surface area contributed by atoms with Crippen LogP contribution in [0.25, 0.3) is 0 Å². The first-order valence-electron chi connectivity index (χ1n) is 9.27. The Balaban J connectivity index is 1.59. The highest BCUT2D eigenvalue weighted by Gasteiger charge is 2.20. The third-order valence-electron chi connectivity index (χ3n) is 4.42. The van der Waals surface area contributed by atoms with Crippen molar-refractivity contribution in [2.45, 2.75) is 26.4 Å². The standard InChI is InChI=1S/C23H21NO5/c1-3-16-6-8-17(9-7-16)21(25)15(2)29-23(27)18-10-12-19(13-11-18)24-22(26)20-5-4-14-28-20/h4-15H,3H2,1-2H3,(H,24,26)/t15-/m0/s1. The predicted molar refractivity (Wildman–Crippen MR) is 108 cm³/mol. The summed E-state index contributed by atoms with van der Waals surface area (Å²) >= 11 is 0. The minimum Gasteiger partial charge on any atom is -0.459 e. The van der Waals surface area contributed by atoms with Crippen molar-refractivity contribution in [3.63, 3.8) is 0 Å². The lowest BCUT2D eigenvalue weighted by Gasteiger charge is -2.13. The Morgan fingerprint density at radius 3 is 2.21 bits per heavy atom. The number of furan rings is 1. The predicted octanol–water partition coefficient (Wildman–Crippen LogP) is 4.52. The van der Waals surface area contributed by atoms with Gasteiger partial charge in [-0.3, -0.25) is 9.59 Å². The number of hydrogen-bond donors (Lipinski definition) is 1. The van der Waals surface area contributed by atoms with Gasteiger partial charge < -0.3 is 14.5 Å². The fourth-order valence-corrected chi connectivity index (χ4v) is 2.71. The van der Waals surface area contributed by atoms with Crippen LogP contribution in [0.2, 0.25) is 0 Å². The van der Waals surface area contributed by atoms with E-state index in [1.54, 1.807) is 43.3 Å². The molecular weight excluding hydrogens is 370 g/mol. The zero-order valence-corrected chi connectivity index (χ0v) is 16.2. The van der Waals surface area contributed by atoms with Crippen molar-refractivity contribution in [1.82, 2.24) is 0 Å². The van der Waals surface area contributed by atoms with Crippen LogP contribution < -0.4 is 5.32 Å². The highest BCUT2D eigenvalue weighted by molar-refractivity contribution is 6.03. The van der Waals surface area contributed by atoms with E-state index in [-0.39, 0.29) is 17.1 Å². The molecule has 1 aromatic heterocycles. The average Bonchev–Trinajstić information content (AvgIpc) is 3.29. The molecule has 0 aliphatic heterocycles. The summed E-state index contributed by atoms with van der Waals surface area (Å²) in [6.07, 6.45) is 1.39. The van der Waals surface area contributed by atoms with Crippen LogP contribution >= 0.6 is 0 Å². The largest absolute Gasteiger partial charge is 0.459 e. The molecule has 0 spiro atoms. The summed E-state index contributed by atoms with van der Waals surface area (Å²) in [5.74, 6) is -1.07. The SMILES string of the molecule is CCc1ccc(C(=O)[C@H](C)OC(=O)c2ccc(NC(=O)c3ccco3)cc2)cc1. The first kappa shape index (κ1) is 20.1. The van der Waals surface area contributed by atoms with E-state index in [9.17, 15) is 14.4 Å². The molecule has 6 nitrogen and oxygen atoms in total. The summed E-state index contributed by atoms with van der Waals surface area (Å²) in [7, 11) is 0. The van der Waals surface area contributed by atoms with Gasteiger partial charge in [0.15, 0.2) is 11.9 Å². The molecule has 2 aromatic carbocycles. The zero-order chi connectivity index (χ0) is 20.8. The molecule has 6 heteroatoms. The number of anilines is 1. The summed E-state index contributed by atoms with van der Waals surface area (Å²) < 4.78 is 10.3. The summed E-state index contributed by atoms with van der Waals surface area (Å²) in [4.78, 5) is 36.8. The van der Waals surface area contributed by atoms with Crippen LogP contribution in [-0.2, 0) is 11.2 Å². The normalized spacial score (nSPS) is 11.5. The lowest BCUT2D eigenvalue weighted by molar-refractivity contribution is 0.0319. The Kier molecular flexibility index (Phi) is 6.24. The van der Waals surface area contributed by atoms with E-state index < -0.39 is 18.0 Å². The number of amides is 1. The Morgan fingerprint density at radius 2 is 1.62 bits per heavy atom. The number of carbonyl (C=O) groups is 3. The molecule has 0 unspecified atom stereocenters. The highest BCUT2D eigenvalue weighted by atomic mass is 16.5. The second-order valence-electron chi connectivity index (χ2n) is 6.47. The maximum atomic E-state index is 12.5. The van der Waals surface area contributed by atoms with Gasteiger partial charge in [-0.25, -0.2) is 4.79 Å². The zero-order valence-electron chi connectivity index (χ0n) is 16.2. The maximum absolute atomic E-state index is 12.5. The number of rotatable bonds is 7. The third kappa shape index (κ3) is 4.99. The van der Waals surface area contributed by atoms with Gasteiger partial charge in [-0.2, -0.15) is 0 Å². The summed E-state index contributed by atoms with van der Waals surface area (Å²) in [6, 6.07) is 16.6. The Hall–Kier alpha value is -3.67. The number of carbonyl (C=O) groups excluding carboxylic acids is 3. The van der Waals surface area contributed by atoms with Gasteiger partial charge in [-0.15, -0.1) is 0 Å². The van der Waals surface area contributed by atoms with Crippen molar-refractivity contribution in [3.8, 4) is 0 Å². The van der Waals surface area contributed by atoms with E-state index in [0.717, 1.165) is 12.0 Å². The van der Waals surface area contributed by atoms with Crippen molar-refractivity contribution >= 4 is 23.3 Å². The second-order valence-corrected chi connectivity index (χ2v) is 6.47. The average molecular weight is 391 g/mol. The summed E-state index contributed by atoms with van der Waals surface area (Å²) in [6.45, 7) is 3.58.